The Kier molecular flexibility index (Phi) is 6.48. The largest absolute Gasteiger partial charge is 0.465 e. The van der Waals surface area contributed by atoms with E-state index in [1.807, 2.05) is 36.4 Å². The molecule has 0 unspecified atom stereocenters. The van der Waals surface area contributed by atoms with E-state index >= 15 is 0 Å². The minimum absolute atomic E-state index is 0.0420. The second kappa shape index (κ2) is 8.41. The van der Waals surface area contributed by atoms with E-state index < -0.39 is 35.0 Å². The maximum absolute atomic E-state index is 13.7. The van der Waals surface area contributed by atoms with Crippen molar-refractivity contribution in [3.63, 3.8) is 0 Å². The number of thioether (sulfide) groups is 1. The molecule has 0 radical (unpaired) electrons. The van der Waals surface area contributed by atoms with Crippen LogP contribution in [0.3, 0.4) is 0 Å². The molecule has 2 rings (SSSR count). The molecule has 3 atom stereocenters. The maximum Gasteiger partial charge on any atom is 0.405 e. The summed E-state index contributed by atoms with van der Waals surface area (Å²) in [6, 6.07) is 9.58. The highest BCUT2D eigenvalue weighted by molar-refractivity contribution is 7.99. The molecule has 1 aliphatic heterocycles. The van der Waals surface area contributed by atoms with Crippen molar-refractivity contribution >= 4 is 23.8 Å². The third-order valence-electron chi connectivity index (χ3n) is 4.35. The molecule has 1 aromatic rings. The van der Waals surface area contributed by atoms with Gasteiger partial charge in [-0.1, -0.05) is 30.3 Å². The molecular weight excluding hydrogens is 357 g/mol. The average molecular weight is 379 g/mol. The van der Waals surface area contributed by atoms with Gasteiger partial charge in [0.15, 0.2) is 0 Å². The van der Waals surface area contributed by atoms with Crippen molar-refractivity contribution in [3.8, 4) is 6.07 Å². The average Bonchev–Trinajstić information content (AvgIpc) is 2.99. The molecule has 1 saturated heterocycles. The molecule has 2 N–H and O–H groups in total. The normalized spacial score (nSPS) is 21.1. The molecule has 1 aromatic carbocycles. The SMILES string of the molecule is CC(C)(SCc1ccccc1)[C@H](NC(=O)O)C(=O)N1C[C@@H](F)C[C@H]1C#N. The number of amides is 2. The van der Waals surface area contributed by atoms with Gasteiger partial charge >= 0.3 is 6.09 Å². The van der Waals surface area contributed by atoms with E-state index in [9.17, 15) is 14.0 Å². The summed E-state index contributed by atoms with van der Waals surface area (Å²) in [6.45, 7) is 3.35. The minimum atomic E-state index is -1.33. The van der Waals surface area contributed by atoms with E-state index in [1.54, 1.807) is 13.8 Å². The van der Waals surface area contributed by atoms with Crippen molar-refractivity contribution in [3.05, 3.63) is 35.9 Å². The van der Waals surface area contributed by atoms with E-state index in [0.29, 0.717) is 5.75 Å². The first-order valence-electron chi connectivity index (χ1n) is 8.26. The van der Waals surface area contributed by atoms with E-state index in [0.717, 1.165) is 10.5 Å². The summed E-state index contributed by atoms with van der Waals surface area (Å²) < 4.78 is 12.9. The number of likely N-dealkylation sites (tertiary alicyclic amines) is 1. The zero-order valence-corrected chi connectivity index (χ0v) is 15.5. The van der Waals surface area contributed by atoms with Crippen LogP contribution in [0, 0.1) is 11.3 Å². The number of carboxylic acid groups (broad SMARTS) is 1. The van der Waals surface area contributed by atoms with E-state index in [2.05, 4.69) is 5.32 Å². The molecule has 0 spiro atoms. The third kappa shape index (κ3) is 4.88. The number of nitriles is 1. The van der Waals surface area contributed by atoms with Gasteiger partial charge in [-0.2, -0.15) is 5.26 Å². The van der Waals surface area contributed by atoms with Crippen LogP contribution >= 0.6 is 11.8 Å². The highest BCUT2D eigenvalue weighted by Gasteiger charge is 2.44. The first-order chi connectivity index (χ1) is 12.2. The van der Waals surface area contributed by atoms with Crippen molar-refractivity contribution < 1.29 is 19.1 Å². The molecule has 0 aliphatic carbocycles. The number of carbonyl (C=O) groups excluding carboxylic acids is 1. The number of alkyl halides is 1. The van der Waals surface area contributed by atoms with Crippen LogP contribution in [-0.2, 0) is 10.5 Å². The molecule has 0 bridgehead atoms. The van der Waals surface area contributed by atoms with Crippen LogP contribution < -0.4 is 5.32 Å². The highest BCUT2D eigenvalue weighted by atomic mass is 32.2. The number of nitrogens with zero attached hydrogens (tertiary/aromatic N) is 2. The lowest BCUT2D eigenvalue weighted by Crippen LogP contribution is -2.58. The fourth-order valence-corrected chi connectivity index (χ4v) is 3.96. The quantitative estimate of drug-likeness (QED) is 0.793. The van der Waals surface area contributed by atoms with Crippen LogP contribution in [-0.4, -0.2) is 51.6 Å². The smallest absolute Gasteiger partial charge is 0.405 e. The van der Waals surface area contributed by atoms with Crippen molar-refractivity contribution in [2.45, 2.75) is 49.0 Å². The Bertz CT molecular complexity index is 693. The molecule has 8 heteroatoms. The molecule has 0 aromatic heterocycles. The predicted octanol–water partition coefficient (Wildman–Crippen LogP) is 2.80. The lowest BCUT2D eigenvalue weighted by Gasteiger charge is -2.35. The summed E-state index contributed by atoms with van der Waals surface area (Å²) in [7, 11) is 0. The summed E-state index contributed by atoms with van der Waals surface area (Å²) in [5, 5.41) is 20.6. The molecule has 140 valence electrons. The Morgan fingerprint density at radius 3 is 2.69 bits per heavy atom. The molecule has 0 saturated carbocycles. The topological polar surface area (TPSA) is 93.4 Å². The van der Waals surface area contributed by atoms with Crippen LogP contribution in [0.1, 0.15) is 25.8 Å². The lowest BCUT2D eigenvalue weighted by atomic mass is 10.0. The van der Waals surface area contributed by atoms with E-state index in [4.69, 9.17) is 10.4 Å². The maximum atomic E-state index is 13.7. The van der Waals surface area contributed by atoms with Crippen LogP contribution in [0.4, 0.5) is 9.18 Å². The van der Waals surface area contributed by atoms with Crippen molar-refractivity contribution in [2.75, 3.05) is 6.54 Å². The summed E-state index contributed by atoms with van der Waals surface area (Å²) >= 11 is 1.43. The summed E-state index contributed by atoms with van der Waals surface area (Å²) in [6.07, 6.45) is -2.64. The first-order valence-corrected chi connectivity index (χ1v) is 9.24. The minimum Gasteiger partial charge on any atom is -0.465 e. The molecular formula is C18H22FN3O3S. The van der Waals surface area contributed by atoms with Gasteiger partial charge in [-0.15, -0.1) is 11.8 Å². The van der Waals surface area contributed by atoms with Gasteiger partial charge in [0.1, 0.15) is 18.3 Å². The van der Waals surface area contributed by atoms with Crippen LogP contribution in [0.2, 0.25) is 0 Å². The molecule has 6 nitrogen and oxygen atoms in total. The molecule has 26 heavy (non-hydrogen) atoms. The number of hydrogen-bond acceptors (Lipinski definition) is 4. The van der Waals surface area contributed by atoms with Crippen LogP contribution in [0.15, 0.2) is 30.3 Å². The van der Waals surface area contributed by atoms with Gasteiger partial charge in [0.2, 0.25) is 5.91 Å². The monoisotopic (exact) mass is 379 g/mol. The summed E-state index contributed by atoms with van der Waals surface area (Å²) in [5.41, 5.74) is 1.05. The van der Waals surface area contributed by atoms with Gasteiger partial charge in [0.05, 0.1) is 12.6 Å². The Balaban J connectivity index is 2.17. The second-order valence-corrected chi connectivity index (χ2v) is 8.36. The standard InChI is InChI=1S/C18H22FN3O3S/c1-18(2,26-11-12-6-4-3-5-7-12)15(21-17(24)25)16(23)22-10-13(19)8-14(22)9-20/h3-7,13-15,21H,8,10-11H2,1-2H3,(H,24,25)/t13-,14-,15+/m0/s1. The molecule has 1 heterocycles. The van der Waals surface area contributed by atoms with Crippen LogP contribution in [0.25, 0.3) is 0 Å². The summed E-state index contributed by atoms with van der Waals surface area (Å²) in [5.74, 6) is 0.0245. The Hall–Kier alpha value is -2.27. The lowest BCUT2D eigenvalue weighted by molar-refractivity contribution is -0.134. The summed E-state index contributed by atoms with van der Waals surface area (Å²) in [4.78, 5) is 25.3. The number of hydrogen-bond donors (Lipinski definition) is 2. The van der Waals surface area contributed by atoms with Gasteiger partial charge in [-0.25, -0.2) is 9.18 Å². The Morgan fingerprint density at radius 2 is 2.12 bits per heavy atom. The number of halogens is 1. The van der Waals surface area contributed by atoms with Gasteiger partial charge in [0, 0.05) is 16.9 Å². The Morgan fingerprint density at radius 1 is 1.46 bits per heavy atom. The number of carbonyl (C=O) groups is 2. The second-order valence-electron chi connectivity index (χ2n) is 6.73. The third-order valence-corrected chi connectivity index (χ3v) is 5.80. The van der Waals surface area contributed by atoms with Gasteiger partial charge in [0.25, 0.3) is 0 Å². The van der Waals surface area contributed by atoms with Crippen molar-refractivity contribution in [1.82, 2.24) is 10.2 Å². The molecule has 2 amide bonds. The number of rotatable bonds is 6. The number of benzene rings is 1. The van der Waals surface area contributed by atoms with Crippen LogP contribution in [0.5, 0.6) is 0 Å². The van der Waals surface area contributed by atoms with Crippen molar-refractivity contribution in [1.29, 1.82) is 5.26 Å². The zero-order valence-electron chi connectivity index (χ0n) is 14.7. The fraction of sp³-hybridized carbons (Fsp3) is 0.500. The van der Waals surface area contributed by atoms with E-state index in [1.165, 1.54) is 11.8 Å². The Labute approximate surface area is 156 Å². The van der Waals surface area contributed by atoms with E-state index in [-0.39, 0.29) is 13.0 Å². The predicted molar refractivity (Wildman–Crippen MR) is 97.4 cm³/mol. The highest BCUT2D eigenvalue weighted by Crippen LogP contribution is 2.33. The van der Waals surface area contributed by atoms with Gasteiger partial charge in [-0.3, -0.25) is 4.79 Å². The molecule has 1 fully saturated rings. The van der Waals surface area contributed by atoms with Crippen molar-refractivity contribution in [2.24, 2.45) is 0 Å². The zero-order chi connectivity index (χ0) is 19.3. The molecule has 1 aliphatic rings. The van der Waals surface area contributed by atoms with Gasteiger partial charge < -0.3 is 15.3 Å². The first kappa shape index (κ1) is 20.0. The van der Waals surface area contributed by atoms with Gasteiger partial charge in [-0.05, 0) is 19.4 Å². The number of nitrogens with one attached hydrogen (secondary N) is 1. The fourth-order valence-electron chi connectivity index (χ4n) is 2.90.